The van der Waals surface area contributed by atoms with Crippen LogP contribution >= 0.6 is 11.6 Å². The molecule has 0 bridgehead atoms. The molecular formula is C15H17ClN4O. The molecule has 0 aliphatic rings. The third-order valence-electron chi connectivity index (χ3n) is 2.59. The summed E-state index contributed by atoms with van der Waals surface area (Å²) in [5.74, 6) is 0.875. The number of amides is 1. The highest BCUT2D eigenvalue weighted by Crippen LogP contribution is 2.16. The minimum atomic E-state index is -0.297. The Morgan fingerprint density at radius 3 is 2.67 bits per heavy atom. The first-order valence-corrected chi connectivity index (χ1v) is 7.01. The van der Waals surface area contributed by atoms with Crippen LogP contribution in [0.3, 0.4) is 0 Å². The van der Waals surface area contributed by atoms with Gasteiger partial charge >= 0.3 is 0 Å². The monoisotopic (exact) mass is 304 g/mol. The zero-order valence-electron chi connectivity index (χ0n) is 12.1. The molecule has 21 heavy (non-hydrogen) atoms. The van der Waals surface area contributed by atoms with E-state index < -0.39 is 0 Å². The molecule has 0 saturated heterocycles. The Labute approximate surface area is 128 Å². The summed E-state index contributed by atoms with van der Waals surface area (Å²) in [6, 6.07) is 8.83. The van der Waals surface area contributed by atoms with Gasteiger partial charge in [0.05, 0.1) is 0 Å². The van der Waals surface area contributed by atoms with Gasteiger partial charge in [-0.25, -0.2) is 9.97 Å². The highest BCUT2D eigenvalue weighted by Gasteiger charge is 2.11. The summed E-state index contributed by atoms with van der Waals surface area (Å²) in [4.78, 5) is 20.7. The van der Waals surface area contributed by atoms with Gasteiger partial charge in [0.2, 0.25) is 0 Å². The van der Waals surface area contributed by atoms with Gasteiger partial charge in [-0.1, -0.05) is 17.7 Å². The molecule has 0 spiro atoms. The van der Waals surface area contributed by atoms with Crippen molar-refractivity contribution in [3.63, 3.8) is 0 Å². The van der Waals surface area contributed by atoms with Crippen molar-refractivity contribution in [2.24, 2.45) is 0 Å². The number of nitrogens with zero attached hydrogens (tertiary/aromatic N) is 2. The van der Waals surface area contributed by atoms with Crippen molar-refractivity contribution in [3.05, 3.63) is 46.9 Å². The zero-order chi connectivity index (χ0) is 15.4. The van der Waals surface area contributed by atoms with Crippen LogP contribution < -0.4 is 10.6 Å². The molecule has 2 rings (SSSR count). The first kappa shape index (κ1) is 15.3. The lowest BCUT2D eigenvalue weighted by Crippen LogP contribution is -2.17. The van der Waals surface area contributed by atoms with Gasteiger partial charge in [-0.15, -0.1) is 0 Å². The van der Waals surface area contributed by atoms with E-state index >= 15 is 0 Å². The number of benzene rings is 1. The fourth-order valence-electron chi connectivity index (χ4n) is 1.82. The van der Waals surface area contributed by atoms with E-state index in [-0.39, 0.29) is 11.9 Å². The molecular weight excluding hydrogens is 288 g/mol. The molecule has 2 N–H and O–H groups in total. The second-order valence-electron chi connectivity index (χ2n) is 4.95. The van der Waals surface area contributed by atoms with Crippen LogP contribution in [-0.2, 0) is 0 Å². The van der Waals surface area contributed by atoms with Crippen molar-refractivity contribution >= 4 is 29.0 Å². The predicted octanol–water partition coefficient (Wildman–Crippen LogP) is 3.51. The molecule has 0 radical (unpaired) electrons. The second kappa shape index (κ2) is 6.54. The average molecular weight is 305 g/mol. The van der Waals surface area contributed by atoms with Crippen molar-refractivity contribution in [1.82, 2.24) is 9.97 Å². The molecule has 6 heteroatoms. The van der Waals surface area contributed by atoms with Gasteiger partial charge in [-0.05, 0) is 39.0 Å². The Bertz CT molecular complexity index is 658. The van der Waals surface area contributed by atoms with Gasteiger partial charge in [-0.2, -0.15) is 0 Å². The van der Waals surface area contributed by atoms with Crippen molar-refractivity contribution in [3.8, 4) is 0 Å². The quantitative estimate of drug-likeness (QED) is 0.907. The lowest BCUT2D eigenvalue weighted by Gasteiger charge is -2.11. The molecule has 1 aromatic heterocycles. The number of hydrogen-bond acceptors (Lipinski definition) is 4. The Hall–Kier alpha value is -2.14. The van der Waals surface area contributed by atoms with E-state index in [0.29, 0.717) is 28.0 Å². The first-order valence-electron chi connectivity index (χ1n) is 6.63. The topological polar surface area (TPSA) is 66.9 Å². The molecule has 0 fully saturated rings. The Morgan fingerprint density at radius 1 is 1.24 bits per heavy atom. The summed E-state index contributed by atoms with van der Waals surface area (Å²) in [6.45, 7) is 5.76. The number of anilines is 2. The van der Waals surface area contributed by atoms with Gasteiger partial charge in [0.15, 0.2) is 0 Å². The fraction of sp³-hybridized carbons (Fsp3) is 0.267. The molecule has 0 aliphatic carbocycles. The van der Waals surface area contributed by atoms with E-state index in [1.54, 1.807) is 37.3 Å². The summed E-state index contributed by atoms with van der Waals surface area (Å²) >= 11 is 5.90. The molecule has 1 amide bonds. The van der Waals surface area contributed by atoms with E-state index in [2.05, 4.69) is 20.6 Å². The van der Waals surface area contributed by atoms with Gasteiger partial charge in [0, 0.05) is 22.8 Å². The second-order valence-corrected chi connectivity index (χ2v) is 5.39. The molecule has 1 aromatic carbocycles. The Kier molecular flexibility index (Phi) is 4.75. The molecule has 0 atom stereocenters. The molecule has 110 valence electrons. The number of carbonyl (C=O) groups excluding carboxylic acids is 1. The number of aromatic nitrogens is 2. The smallest absolute Gasteiger partial charge is 0.274 e. The van der Waals surface area contributed by atoms with Crippen molar-refractivity contribution < 1.29 is 4.79 Å². The van der Waals surface area contributed by atoms with Crippen molar-refractivity contribution in [2.75, 3.05) is 10.6 Å². The number of nitrogens with one attached hydrogen (secondary N) is 2. The summed E-state index contributed by atoms with van der Waals surface area (Å²) in [6.07, 6.45) is 0. The van der Waals surface area contributed by atoms with Crippen LogP contribution in [0.5, 0.6) is 0 Å². The first-order chi connectivity index (χ1) is 9.94. The number of carbonyl (C=O) groups is 1. The number of halogens is 1. The van der Waals surface area contributed by atoms with Gasteiger partial charge in [-0.3, -0.25) is 4.79 Å². The zero-order valence-corrected chi connectivity index (χ0v) is 12.9. The average Bonchev–Trinajstić information content (AvgIpc) is 2.37. The minimum absolute atomic E-state index is 0.225. The lowest BCUT2D eigenvalue weighted by atomic mass is 10.3. The third kappa shape index (κ3) is 4.43. The van der Waals surface area contributed by atoms with Crippen molar-refractivity contribution in [1.29, 1.82) is 0 Å². The van der Waals surface area contributed by atoms with E-state index in [1.165, 1.54) is 0 Å². The summed E-state index contributed by atoms with van der Waals surface area (Å²) in [5.41, 5.74) is 0.938. The van der Waals surface area contributed by atoms with Crippen LogP contribution in [0.2, 0.25) is 5.02 Å². The minimum Gasteiger partial charge on any atom is -0.368 e. The summed E-state index contributed by atoms with van der Waals surface area (Å²) < 4.78 is 0. The normalized spacial score (nSPS) is 10.5. The van der Waals surface area contributed by atoms with E-state index in [1.807, 2.05) is 13.8 Å². The van der Waals surface area contributed by atoms with Crippen LogP contribution in [0.4, 0.5) is 11.5 Å². The Balaban J connectivity index is 2.20. The Morgan fingerprint density at radius 2 is 2.00 bits per heavy atom. The third-order valence-corrected chi connectivity index (χ3v) is 2.82. The van der Waals surface area contributed by atoms with Crippen LogP contribution in [0, 0.1) is 6.92 Å². The number of hydrogen-bond donors (Lipinski definition) is 2. The van der Waals surface area contributed by atoms with Crippen LogP contribution in [-0.4, -0.2) is 21.9 Å². The molecule has 5 nitrogen and oxygen atoms in total. The van der Waals surface area contributed by atoms with E-state index in [9.17, 15) is 4.79 Å². The number of aryl methyl sites for hydroxylation is 1. The summed E-state index contributed by atoms with van der Waals surface area (Å²) in [5, 5.41) is 6.49. The maximum atomic E-state index is 12.2. The van der Waals surface area contributed by atoms with Crippen molar-refractivity contribution in [2.45, 2.75) is 26.8 Å². The molecule has 0 saturated carbocycles. The lowest BCUT2D eigenvalue weighted by molar-refractivity contribution is 0.102. The SMILES string of the molecule is Cc1nc(NC(C)C)cc(C(=O)Nc2cccc(Cl)c2)n1. The molecule has 0 unspecified atom stereocenters. The standard InChI is InChI=1S/C15H17ClN4O/c1-9(2)17-14-8-13(18-10(3)19-14)15(21)20-12-6-4-5-11(16)7-12/h4-9H,1-3H3,(H,20,21)(H,17,18,19). The maximum Gasteiger partial charge on any atom is 0.274 e. The molecule has 2 aromatic rings. The fourth-order valence-corrected chi connectivity index (χ4v) is 2.01. The van der Waals surface area contributed by atoms with Gasteiger partial charge in [0.1, 0.15) is 17.3 Å². The summed E-state index contributed by atoms with van der Waals surface area (Å²) in [7, 11) is 0. The largest absolute Gasteiger partial charge is 0.368 e. The van der Waals surface area contributed by atoms with E-state index in [0.717, 1.165) is 0 Å². The van der Waals surface area contributed by atoms with Gasteiger partial charge < -0.3 is 10.6 Å². The van der Waals surface area contributed by atoms with Gasteiger partial charge in [0.25, 0.3) is 5.91 Å². The maximum absolute atomic E-state index is 12.2. The van der Waals surface area contributed by atoms with Crippen LogP contribution in [0.15, 0.2) is 30.3 Å². The predicted molar refractivity (Wildman–Crippen MR) is 84.9 cm³/mol. The molecule has 0 aliphatic heterocycles. The van der Waals surface area contributed by atoms with E-state index in [4.69, 9.17) is 11.6 Å². The van der Waals surface area contributed by atoms with Crippen LogP contribution in [0.25, 0.3) is 0 Å². The highest BCUT2D eigenvalue weighted by atomic mass is 35.5. The number of rotatable bonds is 4. The highest BCUT2D eigenvalue weighted by molar-refractivity contribution is 6.30. The van der Waals surface area contributed by atoms with Crippen LogP contribution in [0.1, 0.15) is 30.2 Å². The molecule has 1 heterocycles.